The summed E-state index contributed by atoms with van der Waals surface area (Å²) in [6.45, 7) is 0.281. The van der Waals surface area contributed by atoms with Gasteiger partial charge in [0.2, 0.25) is 0 Å². The lowest BCUT2D eigenvalue weighted by atomic mass is 10.3. The third-order valence-corrected chi connectivity index (χ3v) is 2.68. The fourth-order valence-electron chi connectivity index (χ4n) is 1.52. The van der Waals surface area contributed by atoms with E-state index in [1.807, 2.05) is 12.1 Å². The van der Waals surface area contributed by atoms with Gasteiger partial charge < -0.3 is 15.3 Å². The number of amides is 1. The number of aromatic nitrogens is 1. The van der Waals surface area contributed by atoms with E-state index >= 15 is 0 Å². The van der Waals surface area contributed by atoms with Crippen LogP contribution in [0.4, 0.5) is 5.82 Å². The molecule has 2 rings (SSSR count). The average Bonchev–Trinajstić information content (AvgIpc) is 3.12. The van der Waals surface area contributed by atoms with Crippen LogP contribution in [0.25, 0.3) is 0 Å². The standard InChI is InChI=1S/C12H17N3O2/c1-15(7-8-16)12(17)10-3-2-4-11(14-10)13-9-5-6-9/h2-4,9,16H,5-8H2,1H3,(H,13,14). The van der Waals surface area contributed by atoms with Crippen LogP contribution in [-0.2, 0) is 0 Å². The van der Waals surface area contributed by atoms with Crippen molar-refractivity contribution in [3.05, 3.63) is 23.9 Å². The van der Waals surface area contributed by atoms with E-state index in [0.29, 0.717) is 18.3 Å². The second-order valence-electron chi connectivity index (χ2n) is 4.28. The minimum Gasteiger partial charge on any atom is -0.395 e. The smallest absolute Gasteiger partial charge is 0.272 e. The molecule has 0 radical (unpaired) electrons. The highest BCUT2D eigenvalue weighted by atomic mass is 16.3. The van der Waals surface area contributed by atoms with Crippen molar-refractivity contribution >= 4 is 11.7 Å². The highest BCUT2D eigenvalue weighted by Gasteiger charge is 2.21. The topological polar surface area (TPSA) is 65.5 Å². The summed E-state index contributed by atoms with van der Waals surface area (Å²) >= 11 is 0. The van der Waals surface area contributed by atoms with E-state index in [0.717, 1.165) is 5.82 Å². The van der Waals surface area contributed by atoms with Crippen molar-refractivity contribution in [2.24, 2.45) is 0 Å². The molecule has 0 atom stereocenters. The number of aliphatic hydroxyl groups is 1. The Morgan fingerprint density at radius 2 is 2.35 bits per heavy atom. The summed E-state index contributed by atoms with van der Waals surface area (Å²) in [5.74, 6) is 0.578. The predicted molar refractivity (Wildman–Crippen MR) is 64.9 cm³/mol. The number of aliphatic hydroxyl groups excluding tert-OH is 1. The fraction of sp³-hybridized carbons (Fsp3) is 0.500. The normalized spacial score (nSPS) is 14.5. The third-order valence-electron chi connectivity index (χ3n) is 2.68. The first-order chi connectivity index (χ1) is 8.20. The molecule has 2 N–H and O–H groups in total. The molecular weight excluding hydrogens is 218 g/mol. The number of likely N-dealkylation sites (N-methyl/N-ethyl adjacent to an activating group) is 1. The minimum atomic E-state index is -0.168. The number of carbonyl (C=O) groups excluding carboxylic acids is 1. The first kappa shape index (κ1) is 11.9. The number of rotatable bonds is 5. The second kappa shape index (κ2) is 5.14. The molecule has 1 aliphatic rings. The monoisotopic (exact) mass is 235 g/mol. The van der Waals surface area contributed by atoms with Crippen molar-refractivity contribution in [3.8, 4) is 0 Å². The lowest BCUT2D eigenvalue weighted by Crippen LogP contribution is -2.30. The van der Waals surface area contributed by atoms with Crippen LogP contribution in [0.2, 0.25) is 0 Å². The second-order valence-corrected chi connectivity index (χ2v) is 4.28. The summed E-state index contributed by atoms with van der Waals surface area (Å²) in [5, 5.41) is 12.0. The number of anilines is 1. The molecule has 92 valence electrons. The predicted octanol–water partition coefficient (Wildman–Crippen LogP) is 0.720. The van der Waals surface area contributed by atoms with Gasteiger partial charge in [-0.15, -0.1) is 0 Å². The Bertz CT molecular complexity index is 404. The molecule has 0 spiro atoms. The van der Waals surface area contributed by atoms with Crippen molar-refractivity contribution in [2.45, 2.75) is 18.9 Å². The van der Waals surface area contributed by atoms with Crippen LogP contribution in [0.3, 0.4) is 0 Å². The van der Waals surface area contributed by atoms with Crippen molar-refractivity contribution in [3.63, 3.8) is 0 Å². The molecule has 5 heteroatoms. The zero-order valence-corrected chi connectivity index (χ0v) is 9.89. The van der Waals surface area contributed by atoms with Gasteiger partial charge in [-0.1, -0.05) is 6.07 Å². The summed E-state index contributed by atoms with van der Waals surface area (Å²) in [7, 11) is 1.65. The minimum absolute atomic E-state index is 0.0394. The maximum Gasteiger partial charge on any atom is 0.272 e. The Kier molecular flexibility index (Phi) is 3.58. The molecule has 1 aromatic heterocycles. The average molecular weight is 235 g/mol. The number of hydrogen-bond donors (Lipinski definition) is 2. The van der Waals surface area contributed by atoms with Crippen LogP contribution >= 0.6 is 0 Å². The van der Waals surface area contributed by atoms with Gasteiger partial charge in [0.15, 0.2) is 0 Å². The zero-order valence-electron chi connectivity index (χ0n) is 9.89. The molecule has 1 saturated carbocycles. The fourth-order valence-corrected chi connectivity index (χ4v) is 1.52. The molecule has 1 aromatic rings. The molecule has 0 aromatic carbocycles. The van der Waals surface area contributed by atoms with Gasteiger partial charge >= 0.3 is 0 Å². The van der Waals surface area contributed by atoms with Crippen LogP contribution in [0.1, 0.15) is 23.3 Å². The van der Waals surface area contributed by atoms with E-state index in [1.54, 1.807) is 13.1 Å². The number of nitrogens with one attached hydrogen (secondary N) is 1. The summed E-state index contributed by atoms with van der Waals surface area (Å²) in [6.07, 6.45) is 2.34. The quantitative estimate of drug-likeness (QED) is 0.789. The molecular formula is C12H17N3O2. The largest absolute Gasteiger partial charge is 0.395 e. The Morgan fingerprint density at radius 1 is 1.59 bits per heavy atom. The zero-order chi connectivity index (χ0) is 12.3. The van der Waals surface area contributed by atoms with Crippen LogP contribution < -0.4 is 5.32 Å². The number of hydrogen-bond acceptors (Lipinski definition) is 4. The number of carbonyl (C=O) groups is 1. The third kappa shape index (κ3) is 3.17. The van der Waals surface area contributed by atoms with Gasteiger partial charge in [0.25, 0.3) is 5.91 Å². The van der Waals surface area contributed by atoms with E-state index in [1.165, 1.54) is 17.7 Å². The summed E-state index contributed by atoms with van der Waals surface area (Å²) in [6, 6.07) is 5.88. The Balaban J connectivity index is 2.05. The SMILES string of the molecule is CN(CCO)C(=O)c1cccc(NC2CC2)n1. The highest BCUT2D eigenvalue weighted by molar-refractivity contribution is 5.92. The molecule has 17 heavy (non-hydrogen) atoms. The van der Waals surface area contributed by atoms with Crippen molar-refractivity contribution in [1.82, 2.24) is 9.88 Å². The van der Waals surface area contributed by atoms with Crippen LogP contribution in [0.15, 0.2) is 18.2 Å². The Labute approximate surface area is 100 Å². The van der Waals surface area contributed by atoms with E-state index in [2.05, 4.69) is 10.3 Å². The van der Waals surface area contributed by atoms with E-state index < -0.39 is 0 Å². The van der Waals surface area contributed by atoms with E-state index in [-0.39, 0.29) is 12.5 Å². The molecule has 0 saturated heterocycles. The maximum absolute atomic E-state index is 11.9. The highest BCUT2D eigenvalue weighted by Crippen LogP contribution is 2.23. The Morgan fingerprint density at radius 3 is 3.00 bits per heavy atom. The maximum atomic E-state index is 11.9. The van der Waals surface area contributed by atoms with Crippen molar-refractivity contribution in [2.75, 3.05) is 25.5 Å². The number of nitrogens with zero attached hydrogens (tertiary/aromatic N) is 2. The lowest BCUT2D eigenvalue weighted by molar-refractivity contribution is 0.0761. The molecule has 1 aliphatic carbocycles. The molecule has 1 fully saturated rings. The van der Waals surface area contributed by atoms with Gasteiger partial charge in [0.1, 0.15) is 11.5 Å². The van der Waals surface area contributed by atoms with Gasteiger partial charge in [-0.3, -0.25) is 4.79 Å². The van der Waals surface area contributed by atoms with Crippen molar-refractivity contribution < 1.29 is 9.90 Å². The van der Waals surface area contributed by atoms with Crippen LogP contribution in [0.5, 0.6) is 0 Å². The summed E-state index contributed by atoms with van der Waals surface area (Å²) in [5.41, 5.74) is 0.409. The van der Waals surface area contributed by atoms with Crippen molar-refractivity contribution in [1.29, 1.82) is 0 Å². The van der Waals surface area contributed by atoms with E-state index in [9.17, 15) is 4.79 Å². The first-order valence-electron chi connectivity index (χ1n) is 5.80. The first-order valence-corrected chi connectivity index (χ1v) is 5.80. The molecule has 1 heterocycles. The van der Waals surface area contributed by atoms with Gasteiger partial charge in [-0.2, -0.15) is 0 Å². The summed E-state index contributed by atoms with van der Waals surface area (Å²) < 4.78 is 0. The van der Waals surface area contributed by atoms with Crippen LogP contribution in [-0.4, -0.2) is 47.1 Å². The molecule has 0 bridgehead atoms. The van der Waals surface area contributed by atoms with E-state index in [4.69, 9.17) is 5.11 Å². The molecule has 0 aliphatic heterocycles. The van der Waals surface area contributed by atoms with Crippen LogP contribution in [0, 0.1) is 0 Å². The molecule has 0 unspecified atom stereocenters. The van der Waals surface area contributed by atoms with Gasteiger partial charge in [-0.05, 0) is 25.0 Å². The van der Waals surface area contributed by atoms with Gasteiger partial charge in [0.05, 0.1) is 6.61 Å². The molecule has 1 amide bonds. The number of pyridine rings is 1. The lowest BCUT2D eigenvalue weighted by Gasteiger charge is -2.15. The molecule has 5 nitrogen and oxygen atoms in total. The van der Waals surface area contributed by atoms with Gasteiger partial charge in [-0.25, -0.2) is 4.98 Å². The van der Waals surface area contributed by atoms with Gasteiger partial charge in [0, 0.05) is 19.6 Å². The summed E-state index contributed by atoms with van der Waals surface area (Å²) in [4.78, 5) is 17.6. The Hall–Kier alpha value is -1.62.